The van der Waals surface area contributed by atoms with Crippen molar-refractivity contribution in [3.63, 3.8) is 0 Å². The van der Waals surface area contributed by atoms with E-state index < -0.39 is 0 Å². The summed E-state index contributed by atoms with van der Waals surface area (Å²) < 4.78 is 0. The van der Waals surface area contributed by atoms with Crippen molar-refractivity contribution in [1.29, 1.82) is 0 Å². The lowest BCUT2D eigenvalue weighted by Crippen LogP contribution is -2.30. The van der Waals surface area contributed by atoms with E-state index >= 15 is 0 Å². The molecule has 2 aliphatic carbocycles. The third-order valence-electron chi connectivity index (χ3n) is 3.34. The Morgan fingerprint density at radius 1 is 1.50 bits per heavy atom. The normalized spacial score (nSPS) is 41.8. The lowest BCUT2D eigenvalue weighted by molar-refractivity contribution is 0.0815. The van der Waals surface area contributed by atoms with Crippen molar-refractivity contribution in [2.24, 2.45) is 11.8 Å². The molecule has 0 spiro atoms. The first-order chi connectivity index (χ1) is 5.77. The van der Waals surface area contributed by atoms with E-state index in [0.29, 0.717) is 5.92 Å². The second-order valence-corrected chi connectivity index (χ2v) is 4.42. The highest BCUT2D eigenvalue weighted by molar-refractivity contribution is 5.15. The van der Waals surface area contributed by atoms with E-state index in [1.165, 1.54) is 25.7 Å². The Balaban J connectivity index is 2.13. The zero-order valence-electron chi connectivity index (χ0n) is 7.79. The molecular formula is C11H18O. The Morgan fingerprint density at radius 2 is 2.33 bits per heavy atom. The molecule has 0 aromatic rings. The largest absolute Gasteiger partial charge is 0.393 e. The molecule has 0 saturated heterocycles. The smallest absolute Gasteiger partial charge is 0.0605 e. The van der Waals surface area contributed by atoms with Gasteiger partial charge >= 0.3 is 0 Å². The molecule has 2 aliphatic rings. The van der Waals surface area contributed by atoms with E-state index in [1.807, 2.05) is 0 Å². The van der Waals surface area contributed by atoms with Crippen LogP contribution in [0, 0.1) is 11.8 Å². The third-order valence-corrected chi connectivity index (χ3v) is 3.34. The van der Waals surface area contributed by atoms with E-state index in [2.05, 4.69) is 13.0 Å². The molecule has 68 valence electrons. The number of allylic oxidation sites excluding steroid dienone is 1. The minimum absolute atomic E-state index is 0.0345. The predicted octanol–water partition coefficient (Wildman–Crippen LogP) is 2.50. The van der Waals surface area contributed by atoms with Crippen LogP contribution in [0.2, 0.25) is 0 Å². The molecule has 0 aliphatic heterocycles. The molecule has 2 rings (SSSR count). The van der Waals surface area contributed by atoms with Crippen LogP contribution in [0.3, 0.4) is 0 Å². The Hall–Kier alpha value is -0.300. The summed E-state index contributed by atoms with van der Waals surface area (Å²) in [5.41, 5.74) is 1.55. The number of fused-ring (bicyclic) bond motifs is 1. The number of aliphatic hydroxyl groups excluding tert-OH is 1. The second-order valence-electron chi connectivity index (χ2n) is 4.42. The number of hydrogen-bond acceptors (Lipinski definition) is 1. The van der Waals surface area contributed by atoms with Gasteiger partial charge in [0.1, 0.15) is 0 Å². The molecule has 0 aromatic heterocycles. The minimum Gasteiger partial charge on any atom is -0.393 e. The Bertz CT molecular complexity index is 195. The standard InChI is InChI=1S/C11H18O/c1-8-5-6-9-3-2-4-11(12)10(9)7-8/h6,8,10-12H,2-5,7H2,1H3/t8?,10-,11+/m0/s1. The molecule has 0 radical (unpaired) electrons. The first kappa shape index (κ1) is 8.31. The monoisotopic (exact) mass is 166 g/mol. The van der Waals surface area contributed by atoms with Crippen LogP contribution in [0.25, 0.3) is 0 Å². The molecule has 1 N–H and O–H groups in total. The van der Waals surface area contributed by atoms with Crippen molar-refractivity contribution >= 4 is 0 Å². The number of aliphatic hydroxyl groups is 1. The van der Waals surface area contributed by atoms with Crippen molar-refractivity contribution < 1.29 is 5.11 Å². The molecule has 3 atom stereocenters. The van der Waals surface area contributed by atoms with Crippen molar-refractivity contribution in [1.82, 2.24) is 0 Å². The summed E-state index contributed by atoms with van der Waals surface area (Å²) >= 11 is 0. The molecule has 12 heavy (non-hydrogen) atoms. The van der Waals surface area contributed by atoms with Crippen LogP contribution in [0.5, 0.6) is 0 Å². The Morgan fingerprint density at radius 3 is 3.17 bits per heavy atom. The van der Waals surface area contributed by atoms with Gasteiger partial charge in [0.25, 0.3) is 0 Å². The average molecular weight is 166 g/mol. The van der Waals surface area contributed by atoms with Gasteiger partial charge in [0.2, 0.25) is 0 Å². The number of rotatable bonds is 0. The van der Waals surface area contributed by atoms with Gasteiger partial charge in [0.15, 0.2) is 0 Å². The van der Waals surface area contributed by atoms with Crippen molar-refractivity contribution in [2.45, 2.75) is 45.1 Å². The summed E-state index contributed by atoms with van der Waals surface area (Å²) in [6.45, 7) is 2.29. The van der Waals surface area contributed by atoms with Crippen LogP contribution < -0.4 is 0 Å². The van der Waals surface area contributed by atoms with Gasteiger partial charge in [-0.3, -0.25) is 0 Å². The zero-order chi connectivity index (χ0) is 8.55. The van der Waals surface area contributed by atoms with Gasteiger partial charge in [-0.25, -0.2) is 0 Å². The van der Waals surface area contributed by atoms with Crippen LogP contribution in [0.1, 0.15) is 39.0 Å². The predicted molar refractivity (Wildman–Crippen MR) is 49.8 cm³/mol. The van der Waals surface area contributed by atoms with Gasteiger partial charge in [-0.2, -0.15) is 0 Å². The van der Waals surface area contributed by atoms with Gasteiger partial charge in [0, 0.05) is 5.92 Å². The van der Waals surface area contributed by atoms with Crippen LogP contribution in [-0.4, -0.2) is 11.2 Å². The highest BCUT2D eigenvalue weighted by atomic mass is 16.3. The van der Waals surface area contributed by atoms with Gasteiger partial charge < -0.3 is 5.11 Å². The highest BCUT2D eigenvalue weighted by Crippen LogP contribution is 2.38. The maximum atomic E-state index is 9.78. The highest BCUT2D eigenvalue weighted by Gasteiger charge is 2.30. The maximum absolute atomic E-state index is 9.78. The van der Waals surface area contributed by atoms with Gasteiger partial charge in [-0.05, 0) is 38.0 Å². The fraction of sp³-hybridized carbons (Fsp3) is 0.818. The maximum Gasteiger partial charge on any atom is 0.0605 e. The molecule has 1 saturated carbocycles. The van der Waals surface area contributed by atoms with Gasteiger partial charge in [-0.1, -0.05) is 18.6 Å². The fourth-order valence-electron chi connectivity index (χ4n) is 2.59. The second kappa shape index (κ2) is 3.21. The van der Waals surface area contributed by atoms with E-state index in [1.54, 1.807) is 5.57 Å². The summed E-state index contributed by atoms with van der Waals surface area (Å²) in [6, 6.07) is 0. The van der Waals surface area contributed by atoms with Gasteiger partial charge in [-0.15, -0.1) is 0 Å². The van der Waals surface area contributed by atoms with Crippen molar-refractivity contribution in [3.8, 4) is 0 Å². The molecule has 1 unspecified atom stereocenters. The molecule has 1 fully saturated rings. The van der Waals surface area contributed by atoms with Crippen molar-refractivity contribution in [3.05, 3.63) is 11.6 Å². The van der Waals surface area contributed by atoms with E-state index in [-0.39, 0.29) is 6.10 Å². The van der Waals surface area contributed by atoms with Crippen LogP contribution >= 0.6 is 0 Å². The van der Waals surface area contributed by atoms with Gasteiger partial charge in [0.05, 0.1) is 6.10 Å². The summed E-state index contributed by atoms with van der Waals surface area (Å²) in [6.07, 6.45) is 8.25. The average Bonchev–Trinajstić information content (AvgIpc) is 2.07. The third kappa shape index (κ3) is 1.42. The SMILES string of the molecule is CC1CC=C2CCC[C@@H](O)[C@H]2C1. The quantitative estimate of drug-likeness (QED) is 0.548. The summed E-state index contributed by atoms with van der Waals surface area (Å²) in [5, 5.41) is 9.78. The first-order valence-corrected chi connectivity index (χ1v) is 5.14. The lowest BCUT2D eigenvalue weighted by atomic mass is 9.73. The number of hydrogen-bond donors (Lipinski definition) is 1. The first-order valence-electron chi connectivity index (χ1n) is 5.14. The summed E-state index contributed by atoms with van der Waals surface area (Å²) in [7, 11) is 0. The van der Waals surface area contributed by atoms with Crippen LogP contribution in [0.15, 0.2) is 11.6 Å². The topological polar surface area (TPSA) is 20.2 Å². The zero-order valence-corrected chi connectivity index (χ0v) is 7.79. The van der Waals surface area contributed by atoms with Crippen LogP contribution in [0.4, 0.5) is 0 Å². The molecule has 0 aromatic carbocycles. The molecule has 1 heteroatoms. The minimum atomic E-state index is -0.0345. The van der Waals surface area contributed by atoms with Crippen molar-refractivity contribution in [2.75, 3.05) is 0 Å². The Labute approximate surface area is 74.5 Å². The van der Waals surface area contributed by atoms with Crippen LogP contribution in [-0.2, 0) is 0 Å². The lowest BCUT2D eigenvalue weighted by Gasteiger charge is -2.35. The van der Waals surface area contributed by atoms with E-state index in [4.69, 9.17) is 0 Å². The van der Waals surface area contributed by atoms with E-state index in [9.17, 15) is 5.11 Å². The molecule has 1 nitrogen and oxygen atoms in total. The fourth-order valence-corrected chi connectivity index (χ4v) is 2.59. The molecular weight excluding hydrogens is 148 g/mol. The summed E-state index contributed by atoms with van der Waals surface area (Å²) in [5.74, 6) is 1.30. The van der Waals surface area contributed by atoms with E-state index in [0.717, 1.165) is 12.3 Å². The summed E-state index contributed by atoms with van der Waals surface area (Å²) in [4.78, 5) is 0. The Kier molecular flexibility index (Phi) is 2.22. The molecule has 0 amide bonds. The molecule has 0 bridgehead atoms. The molecule has 0 heterocycles.